The summed E-state index contributed by atoms with van der Waals surface area (Å²) in [6.45, 7) is 4.69. The number of pyridine rings is 1. The molecule has 1 aliphatic heterocycles. The Morgan fingerprint density at radius 1 is 1.00 bits per heavy atom. The SMILES string of the molecule is COCCNc1nc(N)nc2ccc(Cc3ccc(CN4CCCC4)cc3)nc12. The van der Waals surface area contributed by atoms with Crippen LogP contribution in [-0.4, -0.2) is 53.2 Å². The normalized spacial score (nSPS) is 14.5. The van der Waals surface area contributed by atoms with Gasteiger partial charge in [0.25, 0.3) is 0 Å². The maximum atomic E-state index is 5.84. The molecule has 0 aliphatic carbocycles. The first-order chi connectivity index (χ1) is 14.2. The van der Waals surface area contributed by atoms with Crippen LogP contribution in [0.1, 0.15) is 29.7 Å². The molecule has 0 atom stereocenters. The van der Waals surface area contributed by atoms with E-state index in [4.69, 9.17) is 15.5 Å². The lowest BCUT2D eigenvalue weighted by Gasteiger charge is -2.14. The minimum absolute atomic E-state index is 0.237. The fourth-order valence-corrected chi connectivity index (χ4v) is 3.74. The van der Waals surface area contributed by atoms with Crippen molar-refractivity contribution < 1.29 is 4.74 Å². The van der Waals surface area contributed by atoms with Gasteiger partial charge in [0, 0.05) is 32.3 Å². The van der Waals surface area contributed by atoms with Gasteiger partial charge in [-0.05, 0) is 49.2 Å². The van der Waals surface area contributed by atoms with E-state index >= 15 is 0 Å². The number of nitrogens with one attached hydrogen (secondary N) is 1. The minimum Gasteiger partial charge on any atom is -0.383 e. The number of methoxy groups -OCH3 is 1. The number of hydrogen-bond donors (Lipinski definition) is 2. The van der Waals surface area contributed by atoms with Crippen molar-refractivity contribution in [1.82, 2.24) is 19.9 Å². The Morgan fingerprint density at radius 2 is 1.76 bits per heavy atom. The number of nitrogens with two attached hydrogens (primary N) is 1. The van der Waals surface area contributed by atoms with E-state index in [1.165, 1.54) is 37.1 Å². The lowest BCUT2D eigenvalue weighted by atomic mass is 10.1. The zero-order valence-corrected chi connectivity index (χ0v) is 16.9. The summed E-state index contributed by atoms with van der Waals surface area (Å²) in [6.07, 6.45) is 3.41. The molecule has 4 rings (SSSR count). The second-order valence-electron chi connectivity index (χ2n) is 7.50. The third-order valence-corrected chi connectivity index (χ3v) is 5.23. The molecule has 3 N–H and O–H groups in total. The number of aromatic nitrogens is 3. The Bertz CT molecular complexity index is 953. The highest BCUT2D eigenvalue weighted by Gasteiger charge is 2.12. The monoisotopic (exact) mass is 392 g/mol. The van der Waals surface area contributed by atoms with Crippen LogP contribution in [0.15, 0.2) is 36.4 Å². The summed E-state index contributed by atoms with van der Waals surface area (Å²) in [5.74, 6) is 0.882. The van der Waals surface area contributed by atoms with Crippen molar-refractivity contribution in [2.75, 3.05) is 44.4 Å². The van der Waals surface area contributed by atoms with E-state index in [-0.39, 0.29) is 5.95 Å². The molecule has 0 unspecified atom stereocenters. The van der Waals surface area contributed by atoms with Crippen molar-refractivity contribution in [2.24, 2.45) is 0 Å². The highest BCUT2D eigenvalue weighted by Crippen LogP contribution is 2.21. The summed E-state index contributed by atoms with van der Waals surface area (Å²) in [4.78, 5) is 15.9. The smallest absolute Gasteiger partial charge is 0.222 e. The molecule has 1 saturated heterocycles. The molecular weight excluding hydrogens is 364 g/mol. The number of ether oxygens (including phenoxy) is 1. The molecule has 7 heteroatoms. The van der Waals surface area contributed by atoms with Crippen molar-refractivity contribution >= 4 is 22.8 Å². The van der Waals surface area contributed by atoms with E-state index in [9.17, 15) is 0 Å². The maximum Gasteiger partial charge on any atom is 0.222 e. The van der Waals surface area contributed by atoms with Gasteiger partial charge >= 0.3 is 0 Å². The van der Waals surface area contributed by atoms with Gasteiger partial charge in [-0.2, -0.15) is 4.98 Å². The molecule has 1 aromatic carbocycles. The van der Waals surface area contributed by atoms with Gasteiger partial charge in [0.1, 0.15) is 5.52 Å². The van der Waals surface area contributed by atoms with Crippen LogP contribution in [0.2, 0.25) is 0 Å². The molecule has 3 aromatic rings. The van der Waals surface area contributed by atoms with Gasteiger partial charge in [0.05, 0.1) is 12.1 Å². The van der Waals surface area contributed by atoms with Crippen molar-refractivity contribution in [2.45, 2.75) is 25.8 Å². The second-order valence-corrected chi connectivity index (χ2v) is 7.50. The van der Waals surface area contributed by atoms with Crippen molar-refractivity contribution in [3.63, 3.8) is 0 Å². The van der Waals surface area contributed by atoms with Gasteiger partial charge in [-0.25, -0.2) is 9.97 Å². The number of fused-ring (bicyclic) bond motifs is 1. The molecule has 0 saturated carbocycles. The largest absolute Gasteiger partial charge is 0.383 e. The first-order valence-corrected chi connectivity index (χ1v) is 10.2. The summed E-state index contributed by atoms with van der Waals surface area (Å²) >= 11 is 0. The van der Waals surface area contributed by atoms with Crippen LogP contribution in [0.3, 0.4) is 0 Å². The molecule has 0 bridgehead atoms. The summed E-state index contributed by atoms with van der Waals surface area (Å²) in [5, 5.41) is 3.24. The van der Waals surface area contributed by atoms with Gasteiger partial charge in [-0.1, -0.05) is 24.3 Å². The van der Waals surface area contributed by atoms with Gasteiger partial charge in [-0.3, -0.25) is 4.90 Å². The Morgan fingerprint density at radius 3 is 2.52 bits per heavy atom. The van der Waals surface area contributed by atoms with Crippen LogP contribution in [0, 0.1) is 0 Å². The molecule has 0 spiro atoms. The Labute approximate surface area is 171 Å². The number of rotatable bonds is 8. The predicted octanol–water partition coefficient (Wildman–Crippen LogP) is 2.85. The molecule has 0 amide bonds. The summed E-state index contributed by atoms with van der Waals surface area (Å²) in [6, 6.07) is 12.8. The number of benzene rings is 1. The van der Waals surface area contributed by atoms with E-state index in [1.54, 1.807) is 7.11 Å². The van der Waals surface area contributed by atoms with Crippen LogP contribution >= 0.6 is 0 Å². The summed E-state index contributed by atoms with van der Waals surface area (Å²) in [7, 11) is 1.67. The number of anilines is 2. The van der Waals surface area contributed by atoms with E-state index in [0.29, 0.717) is 19.0 Å². The van der Waals surface area contributed by atoms with Crippen LogP contribution in [0.25, 0.3) is 11.0 Å². The number of hydrogen-bond acceptors (Lipinski definition) is 7. The van der Waals surface area contributed by atoms with Crippen molar-refractivity contribution in [3.05, 3.63) is 53.2 Å². The molecule has 3 heterocycles. The van der Waals surface area contributed by atoms with Crippen LogP contribution in [-0.2, 0) is 17.7 Å². The lowest BCUT2D eigenvalue weighted by molar-refractivity contribution is 0.210. The molecule has 152 valence electrons. The number of nitrogen functional groups attached to an aromatic ring is 1. The summed E-state index contributed by atoms with van der Waals surface area (Å²) in [5.41, 5.74) is 10.9. The summed E-state index contributed by atoms with van der Waals surface area (Å²) < 4.78 is 5.10. The molecule has 29 heavy (non-hydrogen) atoms. The maximum absolute atomic E-state index is 5.84. The van der Waals surface area contributed by atoms with Gasteiger partial charge in [0.2, 0.25) is 5.95 Å². The average Bonchev–Trinajstić information content (AvgIpc) is 3.23. The minimum atomic E-state index is 0.237. The Hall–Kier alpha value is -2.77. The van der Waals surface area contributed by atoms with Crippen LogP contribution in [0.4, 0.5) is 11.8 Å². The molecule has 7 nitrogen and oxygen atoms in total. The third kappa shape index (κ3) is 4.99. The second kappa shape index (κ2) is 9.15. The number of nitrogens with zero attached hydrogens (tertiary/aromatic N) is 4. The highest BCUT2D eigenvalue weighted by molar-refractivity contribution is 5.86. The molecule has 2 aromatic heterocycles. The van der Waals surface area contributed by atoms with Crippen molar-refractivity contribution in [3.8, 4) is 0 Å². The topological polar surface area (TPSA) is 89.2 Å². The Kier molecular flexibility index (Phi) is 6.17. The van der Waals surface area contributed by atoms with Crippen LogP contribution < -0.4 is 11.1 Å². The zero-order valence-electron chi connectivity index (χ0n) is 16.9. The predicted molar refractivity (Wildman–Crippen MR) is 116 cm³/mol. The first kappa shape index (κ1) is 19.5. The molecule has 0 radical (unpaired) electrons. The molecular formula is C22H28N6O. The Balaban J connectivity index is 1.49. The first-order valence-electron chi connectivity index (χ1n) is 10.2. The van der Waals surface area contributed by atoms with E-state index in [0.717, 1.165) is 29.7 Å². The fraction of sp³-hybridized carbons (Fsp3) is 0.409. The van der Waals surface area contributed by atoms with Gasteiger partial charge < -0.3 is 15.8 Å². The molecule has 1 fully saturated rings. The van der Waals surface area contributed by atoms with E-state index in [1.807, 2.05) is 12.1 Å². The lowest BCUT2D eigenvalue weighted by Crippen LogP contribution is -2.18. The van der Waals surface area contributed by atoms with E-state index < -0.39 is 0 Å². The van der Waals surface area contributed by atoms with Gasteiger partial charge in [0.15, 0.2) is 5.82 Å². The van der Waals surface area contributed by atoms with Crippen molar-refractivity contribution in [1.29, 1.82) is 0 Å². The molecule has 1 aliphatic rings. The standard InChI is InChI=1S/C22H28N6O/c1-29-13-10-24-21-20-19(26-22(23)27-21)9-8-18(25-20)14-16-4-6-17(7-5-16)15-28-11-2-3-12-28/h4-9H,2-3,10-15H2,1H3,(H3,23,24,26,27). The average molecular weight is 393 g/mol. The van der Waals surface area contributed by atoms with Gasteiger partial charge in [-0.15, -0.1) is 0 Å². The van der Waals surface area contributed by atoms with E-state index in [2.05, 4.69) is 44.5 Å². The number of likely N-dealkylation sites (tertiary alicyclic amines) is 1. The zero-order chi connectivity index (χ0) is 20.1. The highest BCUT2D eigenvalue weighted by atomic mass is 16.5. The fourth-order valence-electron chi connectivity index (χ4n) is 3.74. The quantitative estimate of drug-likeness (QED) is 0.570. The third-order valence-electron chi connectivity index (χ3n) is 5.23. The van der Waals surface area contributed by atoms with Crippen LogP contribution in [0.5, 0.6) is 0 Å².